The van der Waals surface area contributed by atoms with E-state index in [1.807, 2.05) is 54.7 Å². The lowest BCUT2D eigenvalue weighted by molar-refractivity contribution is -0.668. The minimum atomic E-state index is -0.00612. The summed E-state index contributed by atoms with van der Waals surface area (Å²) in [6.07, 6.45) is 2.00. The van der Waals surface area contributed by atoms with E-state index in [9.17, 15) is 4.79 Å². The third-order valence-corrected chi connectivity index (χ3v) is 4.94. The lowest BCUT2D eigenvalue weighted by atomic mass is 10.0. The Hall–Kier alpha value is -2.05. The van der Waals surface area contributed by atoms with Crippen LogP contribution in [0.4, 0.5) is 0 Å². The van der Waals surface area contributed by atoms with Crippen LogP contribution in [0.25, 0.3) is 38.4 Å². The molecule has 0 aliphatic carbocycles. The molecule has 3 aromatic heterocycles. The van der Waals surface area contributed by atoms with Crippen molar-refractivity contribution in [2.24, 2.45) is 0 Å². The van der Waals surface area contributed by atoms with Gasteiger partial charge in [-0.2, -0.15) is 0 Å². The monoisotopic (exact) mass is 457 g/mol. The van der Waals surface area contributed by atoms with Gasteiger partial charge in [0, 0.05) is 16.1 Å². The molecule has 0 aliphatic rings. The molecule has 0 saturated carbocycles. The Labute approximate surface area is 162 Å². The highest BCUT2D eigenvalue weighted by atomic mass is 79.9. The standard InChI is InChI=1S/C19H13BrN3O.BrH/c20-9-11-22-10-3-8-15-18(22)21-17-13-6-1-4-12-5-2-7-14(16(12)13)19(24)23(15)17;/h1-8,10H,9,11H2;1H/q+1;/p-1. The van der Waals surface area contributed by atoms with E-state index in [-0.39, 0.29) is 22.5 Å². The molecule has 0 aliphatic heterocycles. The van der Waals surface area contributed by atoms with Gasteiger partial charge in [-0.1, -0.05) is 40.2 Å². The summed E-state index contributed by atoms with van der Waals surface area (Å²) < 4.78 is 3.82. The smallest absolute Gasteiger partial charge is 0.350 e. The highest BCUT2D eigenvalue weighted by molar-refractivity contribution is 9.09. The van der Waals surface area contributed by atoms with Gasteiger partial charge in [-0.05, 0) is 34.6 Å². The van der Waals surface area contributed by atoms with Crippen molar-refractivity contribution in [2.75, 3.05) is 5.33 Å². The van der Waals surface area contributed by atoms with Crippen molar-refractivity contribution in [2.45, 2.75) is 6.54 Å². The lowest BCUT2D eigenvalue weighted by Crippen LogP contribution is -3.00. The van der Waals surface area contributed by atoms with Crippen LogP contribution < -0.4 is 27.1 Å². The molecule has 0 spiro atoms. The van der Waals surface area contributed by atoms with E-state index in [0.29, 0.717) is 0 Å². The SMILES string of the molecule is O=c1c2cccc3cccc(c32)c2nc3c(ccc[n+]3CCBr)n12.[Br-]. The van der Waals surface area contributed by atoms with E-state index < -0.39 is 0 Å². The first-order valence-corrected chi connectivity index (χ1v) is 8.95. The van der Waals surface area contributed by atoms with Crippen LogP contribution in [-0.4, -0.2) is 14.7 Å². The molecule has 6 heteroatoms. The Bertz CT molecular complexity index is 1290. The number of fused-ring (bicyclic) bond motifs is 4. The summed E-state index contributed by atoms with van der Waals surface area (Å²) in [5.74, 6) is 0. The zero-order chi connectivity index (χ0) is 16.3. The number of rotatable bonds is 2. The van der Waals surface area contributed by atoms with E-state index in [1.165, 1.54) is 0 Å². The minimum Gasteiger partial charge on any atom is -1.00 e. The zero-order valence-electron chi connectivity index (χ0n) is 13.1. The number of halogens is 2. The first kappa shape index (κ1) is 16.4. The molecule has 4 nitrogen and oxygen atoms in total. The third kappa shape index (κ3) is 2.20. The molecule has 0 bridgehead atoms. The Kier molecular flexibility index (Phi) is 3.96. The fourth-order valence-corrected chi connectivity index (χ4v) is 3.96. The summed E-state index contributed by atoms with van der Waals surface area (Å²) in [5, 5.41) is 4.67. The van der Waals surface area contributed by atoms with Gasteiger partial charge < -0.3 is 17.0 Å². The molecule has 0 radical (unpaired) electrons. The first-order chi connectivity index (χ1) is 11.8. The van der Waals surface area contributed by atoms with E-state index in [0.717, 1.165) is 50.2 Å². The summed E-state index contributed by atoms with van der Waals surface area (Å²) in [6, 6.07) is 15.9. The van der Waals surface area contributed by atoms with E-state index in [2.05, 4.69) is 20.5 Å². The molecule has 0 N–H and O–H groups in total. The minimum absolute atomic E-state index is 0. The van der Waals surface area contributed by atoms with Gasteiger partial charge in [0.1, 0.15) is 12.1 Å². The van der Waals surface area contributed by atoms with Crippen molar-refractivity contribution < 1.29 is 21.5 Å². The second-order valence-corrected chi connectivity index (χ2v) is 6.68. The van der Waals surface area contributed by atoms with Crippen LogP contribution in [0.3, 0.4) is 0 Å². The summed E-state index contributed by atoms with van der Waals surface area (Å²) in [4.78, 5) is 18.0. The number of hydrogen-bond acceptors (Lipinski definition) is 2. The van der Waals surface area contributed by atoms with Crippen LogP contribution in [-0.2, 0) is 6.54 Å². The molecule has 124 valence electrons. The van der Waals surface area contributed by atoms with Gasteiger partial charge in [0.15, 0.2) is 0 Å². The van der Waals surface area contributed by atoms with Gasteiger partial charge in [0.25, 0.3) is 11.2 Å². The Morgan fingerprint density at radius 3 is 2.56 bits per heavy atom. The maximum Gasteiger partial charge on any atom is 0.350 e. The molecular weight excluding hydrogens is 446 g/mol. The number of nitrogens with zero attached hydrogens (tertiary/aromatic N) is 3. The highest BCUT2D eigenvalue weighted by Crippen LogP contribution is 2.28. The van der Waals surface area contributed by atoms with E-state index >= 15 is 0 Å². The van der Waals surface area contributed by atoms with Crippen molar-refractivity contribution in [3.63, 3.8) is 0 Å². The second-order valence-electron chi connectivity index (χ2n) is 5.88. The third-order valence-electron chi connectivity index (χ3n) is 4.59. The predicted octanol–water partition coefficient (Wildman–Crippen LogP) is 0.278. The number of aromatic nitrogens is 3. The maximum absolute atomic E-state index is 13.1. The van der Waals surface area contributed by atoms with Gasteiger partial charge in [-0.25, -0.2) is 8.97 Å². The van der Waals surface area contributed by atoms with Gasteiger partial charge >= 0.3 is 5.65 Å². The molecule has 0 saturated heterocycles. The highest BCUT2D eigenvalue weighted by Gasteiger charge is 2.22. The Morgan fingerprint density at radius 2 is 1.80 bits per heavy atom. The number of alkyl halides is 1. The predicted molar refractivity (Wildman–Crippen MR) is 99.2 cm³/mol. The quantitative estimate of drug-likeness (QED) is 0.281. The van der Waals surface area contributed by atoms with Crippen LogP contribution in [0.2, 0.25) is 0 Å². The van der Waals surface area contributed by atoms with E-state index in [1.54, 1.807) is 4.40 Å². The molecule has 2 aromatic carbocycles. The van der Waals surface area contributed by atoms with Crippen LogP contribution in [0.5, 0.6) is 0 Å². The van der Waals surface area contributed by atoms with Gasteiger partial charge in [-0.15, -0.1) is 0 Å². The zero-order valence-corrected chi connectivity index (χ0v) is 16.3. The van der Waals surface area contributed by atoms with Gasteiger partial charge in [-0.3, -0.25) is 4.79 Å². The van der Waals surface area contributed by atoms with E-state index in [4.69, 9.17) is 4.98 Å². The average Bonchev–Trinajstić information content (AvgIpc) is 3.01. The fourth-order valence-electron chi connectivity index (χ4n) is 3.57. The first-order valence-electron chi connectivity index (χ1n) is 7.83. The largest absolute Gasteiger partial charge is 1.00 e. The average molecular weight is 459 g/mol. The van der Waals surface area contributed by atoms with Crippen molar-refractivity contribution in [3.05, 3.63) is 65.1 Å². The number of imidazole rings is 1. The molecule has 0 amide bonds. The molecule has 0 fully saturated rings. The summed E-state index contributed by atoms with van der Waals surface area (Å²) in [6.45, 7) is 0.805. The van der Waals surface area contributed by atoms with Crippen LogP contribution in [0, 0.1) is 0 Å². The molecular formula is C19H13Br2N3O. The molecule has 5 rings (SSSR count). The number of hydrogen-bond donors (Lipinski definition) is 0. The maximum atomic E-state index is 13.1. The molecule has 3 heterocycles. The Balaban J connectivity index is 0.00000157. The fraction of sp³-hybridized carbons (Fsp3) is 0.105. The van der Waals surface area contributed by atoms with Crippen molar-refractivity contribution in [1.82, 2.24) is 9.38 Å². The van der Waals surface area contributed by atoms with Crippen LogP contribution in [0.1, 0.15) is 0 Å². The number of benzene rings is 2. The number of pyridine rings is 2. The summed E-state index contributed by atoms with van der Waals surface area (Å²) >= 11 is 3.48. The second kappa shape index (κ2) is 6.04. The van der Waals surface area contributed by atoms with Crippen molar-refractivity contribution in [3.8, 4) is 0 Å². The topological polar surface area (TPSA) is 38.2 Å². The van der Waals surface area contributed by atoms with Crippen molar-refractivity contribution in [1.29, 1.82) is 0 Å². The van der Waals surface area contributed by atoms with Crippen molar-refractivity contribution >= 4 is 54.3 Å². The summed E-state index contributed by atoms with van der Waals surface area (Å²) in [5.41, 5.74) is 2.41. The molecule has 25 heavy (non-hydrogen) atoms. The number of aryl methyl sites for hydroxylation is 1. The van der Waals surface area contributed by atoms with Gasteiger partial charge in [0.2, 0.25) is 0 Å². The molecule has 0 unspecified atom stereocenters. The molecule has 0 atom stereocenters. The summed E-state index contributed by atoms with van der Waals surface area (Å²) in [7, 11) is 0. The van der Waals surface area contributed by atoms with Crippen LogP contribution in [0.15, 0.2) is 59.5 Å². The molecule has 5 aromatic rings. The van der Waals surface area contributed by atoms with Gasteiger partial charge in [0.05, 0.1) is 11.6 Å². The Morgan fingerprint density at radius 1 is 1.04 bits per heavy atom. The lowest BCUT2D eigenvalue weighted by Gasteiger charge is -2.04. The normalized spacial score (nSPS) is 11.6. The van der Waals surface area contributed by atoms with Crippen LogP contribution >= 0.6 is 15.9 Å².